The first-order chi connectivity index (χ1) is 11.1. The summed E-state index contributed by atoms with van der Waals surface area (Å²) in [6.45, 7) is 15.1. The van der Waals surface area contributed by atoms with Gasteiger partial charge in [0.05, 0.1) is 6.04 Å². The maximum atomic E-state index is 12.5. The predicted octanol–water partition coefficient (Wildman–Crippen LogP) is 2.77. The molecule has 26 heavy (non-hydrogen) atoms. The maximum Gasteiger partial charge on any atom is 0.240 e. The Balaban J connectivity index is 0.00000312. The first-order valence-corrected chi connectivity index (χ1v) is 8.74. The van der Waals surface area contributed by atoms with E-state index in [-0.39, 0.29) is 36.1 Å². The summed E-state index contributed by atoms with van der Waals surface area (Å²) in [7, 11) is 0. The van der Waals surface area contributed by atoms with Gasteiger partial charge in [-0.15, -0.1) is 24.8 Å². The molecule has 0 unspecified atom stereocenters. The van der Waals surface area contributed by atoms with Crippen molar-refractivity contribution in [2.24, 2.45) is 11.1 Å². The van der Waals surface area contributed by atoms with Crippen molar-refractivity contribution in [3.05, 3.63) is 17.6 Å². The SMILES string of the molecule is Cc1cc(N2CCN(C(=O)[C@@H](N)C(C)(C)C)CC2)nc(C(C)C)n1.Cl.Cl. The number of anilines is 1. The highest BCUT2D eigenvalue weighted by molar-refractivity contribution is 5.85. The molecule has 0 bridgehead atoms. The zero-order valence-electron chi connectivity index (χ0n) is 16.7. The Morgan fingerprint density at radius 3 is 2.12 bits per heavy atom. The van der Waals surface area contributed by atoms with Crippen LogP contribution in [-0.2, 0) is 4.79 Å². The minimum absolute atomic E-state index is 0. The first-order valence-electron chi connectivity index (χ1n) is 8.74. The van der Waals surface area contributed by atoms with Gasteiger partial charge in [0, 0.05) is 43.9 Å². The lowest BCUT2D eigenvalue weighted by Gasteiger charge is -2.38. The number of carbonyl (C=O) groups is 1. The summed E-state index contributed by atoms with van der Waals surface area (Å²) in [5, 5.41) is 0. The standard InChI is InChI=1S/C18H31N5O.2ClH/c1-12(2)16-20-13(3)11-14(21-16)22-7-9-23(10-8-22)17(24)15(19)18(4,5)6;;/h11-12,15H,7-10,19H2,1-6H3;2*1H/t15-;;/m1../s1. The van der Waals surface area contributed by atoms with E-state index >= 15 is 0 Å². The van der Waals surface area contributed by atoms with Crippen LogP contribution < -0.4 is 10.6 Å². The smallest absolute Gasteiger partial charge is 0.240 e. The molecule has 2 heterocycles. The Hall–Kier alpha value is -1.11. The molecule has 0 saturated carbocycles. The van der Waals surface area contributed by atoms with E-state index in [4.69, 9.17) is 5.73 Å². The number of amides is 1. The van der Waals surface area contributed by atoms with Crippen LogP contribution in [-0.4, -0.2) is 53.0 Å². The van der Waals surface area contributed by atoms with Crippen molar-refractivity contribution in [2.75, 3.05) is 31.1 Å². The van der Waals surface area contributed by atoms with E-state index in [1.165, 1.54) is 0 Å². The molecule has 2 rings (SSSR count). The van der Waals surface area contributed by atoms with E-state index in [1.807, 2.05) is 38.7 Å². The van der Waals surface area contributed by atoms with Crippen molar-refractivity contribution in [2.45, 2.75) is 53.5 Å². The molecule has 2 N–H and O–H groups in total. The number of nitrogens with zero attached hydrogens (tertiary/aromatic N) is 4. The molecule has 8 heteroatoms. The van der Waals surface area contributed by atoms with Gasteiger partial charge in [0.2, 0.25) is 5.91 Å². The molecule has 0 aromatic carbocycles. The quantitative estimate of drug-likeness (QED) is 0.836. The van der Waals surface area contributed by atoms with Crippen LogP contribution in [0.3, 0.4) is 0 Å². The Kier molecular flexibility index (Phi) is 9.30. The molecule has 6 nitrogen and oxygen atoms in total. The number of carbonyl (C=O) groups excluding carboxylic acids is 1. The van der Waals surface area contributed by atoms with E-state index in [1.54, 1.807) is 0 Å². The molecule has 1 amide bonds. The molecule has 1 aromatic heterocycles. The maximum absolute atomic E-state index is 12.5. The van der Waals surface area contributed by atoms with Gasteiger partial charge in [0.25, 0.3) is 0 Å². The number of piperazine rings is 1. The van der Waals surface area contributed by atoms with Gasteiger partial charge in [0.15, 0.2) is 0 Å². The minimum atomic E-state index is -0.460. The number of aromatic nitrogens is 2. The molecule has 1 aliphatic rings. The molecule has 1 saturated heterocycles. The van der Waals surface area contributed by atoms with Crippen molar-refractivity contribution in [3.8, 4) is 0 Å². The second-order valence-electron chi connectivity index (χ2n) is 8.04. The van der Waals surface area contributed by atoms with Crippen molar-refractivity contribution >= 4 is 36.5 Å². The van der Waals surface area contributed by atoms with Crippen molar-refractivity contribution in [3.63, 3.8) is 0 Å². The number of hydrogen-bond donors (Lipinski definition) is 1. The molecular weight excluding hydrogens is 373 g/mol. The third-order valence-electron chi connectivity index (χ3n) is 4.49. The highest BCUT2D eigenvalue weighted by Gasteiger charge is 2.32. The molecule has 1 aromatic rings. The lowest BCUT2D eigenvalue weighted by molar-refractivity contribution is -0.135. The second-order valence-corrected chi connectivity index (χ2v) is 8.04. The minimum Gasteiger partial charge on any atom is -0.353 e. The zero-order valence-corrected chi connectivity index (χ0v) is 18.3. The molecule has 0 radical (unpaired) electrons. The Labute approximate surface area is 169 Å². The second kappa shape index (κ2) is 9.72. The van der Waals surface area contributed by atoms with Gasteiger partial charge in [-0.25, -0.2) is 9.97 Å². The van der Waals surface area contributed by atoms with Gasteiger partial charge >= 0.3 is 0 Å². The lowest BCUT2D eigenvalue weighted by Crippen LogP contribution is -2.56. The van der Waals surface area contributed by atoms with E-state index in [2.05, 4.69) is 28.7 Å². The molecule has 1 fully saturated rings. The van der Waals surface area contributed by atoms with Gasteiger partial charge in [-0.05, 0) is 12.3 Å². The summed E-state index contributed by atoms with van der Waals surface area (Å²) in [5.41, 5.74) is 6.88. The molecule has 1 atom stereocenters. The lowest BCUT2D eigenvalue weighted by atomic mass is 9.86. The Morgan fingerprint density at radius 2 is 1.65 bits per heavy atom. The average Bonchev–Trinajstić information content (AvgIpc) is 2.52. The van der Waals surface area contributed by atoms with Crippen LogP contribution in [0.4, 0.5) is 5.82 Å². The molecule has 150 valence electrons. The highest BCUT2D eigenvalue weighted by atomic mass is 35.5. The van der Waals surface area contributed by atoms with E-state index < -0.39 is 6.04 Å². The number of hydrogen-bond acceptors (Lipinski definition) is 5. The van der Waals surface area contributed by atoms with Gasteiger partial charge in [-0.3, -0.25) is 4.79 Å². The van der Waals surface area contributed by atoms with Crippen LogP contribution in [0.25, 0.3) is 0 Å². The largest absolute Gasteiger partial charge is 0.353 e. The first kappa shape index (κ1) is 24.9. The third-order valence-corrected chi connectivity index (χ3v) is 4.49. The normalized spacial score (nSPS) is 16.0. The van der Waals surface area contributed by atoms with Crippen LogP contribution in [0.15, 0.2) is 6.07 Å². The molecule has 1 aliphatic heterocycles. The Morgan fingerprint density at radius 1 is 1.12 bits per heavy atom. The zero-order chi connectivity index (χ0) is 18.1. The number of nitrogens with two attached hydrogens (primary N) is 1. The topological polar surface area (TPSA) is 75.3 Å². The van der Waals surface area contributed by atoms with Gasteiger partial charge in [-0.2, -0.15) is 0 Å². The van der Waals surface area contributed by atoms with Gasteiger partial charge < -0.3 is 15.5 Å². The third kappa shape index (κ3) is 5.96. The average molecular weight is 406 g/mol. The van der Waals surface area contributed by atoms with E-state index in [9.17, 15) is 4.79 Å². The monoisotopic (exact) mass is 405 g/mol. The fraction of sp³-hybridized carbons (Fsp3) is 0.722. The predicted molar refractivity (Wildman–Crippen MR) is 112 cm³/mol. The fourth-order valence-corrected chi connectivity index (χ4v) is 2.72. The van der Waals surface area contributed by atoms with Crippen LogP contribution in [0.5, 0.6) is 0 Å². The highest BCUT2D eigenvalue weighted by Crippen LogP contribution is 2.22. The van der Waals surface area contributed by atoms with E-state index in [0.29, 0.717) is 19.0 Å². The fourth-order valence-electron chi connectivity index (χ4n) is 2.72. The van der Waals surface area contributed by atoms with Crippen LogP contribution in [0.1, 0.15) is 52.1 Å². The molecular formula is C18H33Cl2N5O. The van der Waals surface area contributed by atoms with Gasteiger partial charge in [-0.1, -0.05) is 34.6 Å². The van der Waals surface area contributed by atoms with Gasteiger partial charge in [0.1, 0.15) is 11.6 Å². The van der Waals surface area contributed by atoms with Crippen LogP contribution in [0, 0.1) is 12.3 Å². The van der Waals surface area contributed by atoms with E-state index in [0.717, 1.165) is 30.4 Å². The van der Waals surface area contributed by atoms with Crippen molar-refractivity contribution < 1.29 is 4.79 Å². The molecule has 0 aliphatic carbocycles. The summed E-state index contributed by atoms with van der Waals surface area (Å²) in [4.78, 5) is 25.8. The summed E-state index contributed by atoms with van der Waals surface area (Å²) < 4.78 is 0. The van der Waals surface area contributed by atoms with Crippen LogP contribution >= 0.6 is 24.8 Å². The van der Waals surface area contributed by atoms with Crippen molar-refractivity contribution in [1.29, 1.82) is 0 Å². The van der Waals surface area contributed by atoms with Crippen LogP contribution in [0.2, 0.25) is 0 Å². The number of rotatable bonds is 3. The summed E-state index contributed by atoms with van der Waals surface area (Å²) in [6.07, 6.45) is 0. The molecule has 0 spiro atoms. The van der Waals surface area contributed by atoms with Crippen molar-refractivity contribution in [1.82, 2.24) is 14.9 Å². The summed E-state index contributed by atoms with van der Waals surface area (Å²) >= 11 is 0. The summed E-state index contributed by atoms with van der Waals surface area (Å²) in [5.74, 6) is 2.18. The number of halogens is 2. The number of aryl methyl sites for hydroxylation is 1. The summed E-state index contributed by atoms with van der Waals surface area (Å²) in [6, 6.07) is 1.56. The Bertz CT molecular complexity index is 596.